The highest BCUT2D eigenvalue weighted by Gasteiger charge is 2.49. The van der Waals surface area contributed by atoms with Gasteiger partial charge in [0.15, 0.2) is 0 Å². The number of hydrogen-bond donors (Lipinski definition) is 0. The van der Waals surface area contributed by atoms with Crippen LogP contribution in [0.4, 0.5) is 0 Å². The molecule has 1 atom stereocenters. The normalized spacial score (nSPS) is 28.2. The zero-order valence-electron chi connectivity index (χ0n) is 14.1. The molecule has 0 aromatic heterocycles. The zero-order chi connectivity index (χ0) is 15.6. The van der Waals surface area contributed by atoms with Gasteiger partial charge in [-0.15, -0.1) is 0 Å². The quantitative estimate of drug-likeness (QED) is 0.698. The van der Waals surface area contributed by atoms with E-state index in [0.717, 1.165) is 38.6 Å². The minimum absolute atomic E-state index is 0.0404. The summed E-state index contributed by atoms with van der Waals surface area (Å²) in [4.78, 5) is 15.6. The fourth-order valence-corrected chi connectivity index (χ4v) is 3.84. The zero-order valence-corrected chi connectivity index (χ0v) is 14.1. The smallest absolute Gasteiger partial charge is 0.248 e. The lowest BCUT2D eigenvalue weighted by molar-refractivity contribution is -0.195. The molecule has 5 nitrogen and oxygen atoms in total. The third kappa shape index (κ3) is 3.63. The van der Waals surface area contributed by atoms with Crippen LogP contribution in [0.15, 0.2) is 0 Å². The Balaban J connectivity index is 1.34. The highest BCUT2D eigenvalue weighted by atomic mass is 16.5. The van der Waals surface area contributed by atoms with Crippen LogP contribution in [0.1, 0.15) is 38.5 Å². The average Bonchev–Trinajstić information content (AvgIpc) is 2.40. The van der Waals surface area contributed by atoms with Crippen LogP contribution < -0.4 is 0 Å². The molecule has 2 aliphatic heterocycles. The summed E-state index contributed by atoms with van der Waals surface area (Å²) in [5.41, 5.74) is 0.137. The van der Waals surface area contributed by atoms with Crippen molar-refractivity contribution in [2.24, 2.45) is 5.92 Å². The first-order valence-corrected chi connectivity index (χ1v) is 8.74. The molecule has 2 saturated heterocycles. The maximum atomic E-state index is 11.5. The third-order valence-corrected chi connectivity index (χ3v) is 5.56. The number of carbonyl (C=O) groups is 1. The van der Waals surface area contributed by atoms with Gasteiger partial charge >= 0.3 is 0 Å². The first-order valence-electron chi connectivity index (χ1n) is 8.74. The van der Waals surface area contributed by atoms with Gasteiger partial charge in [-0.05, 0) is 38.0 Å². The number of likely N-dealkylation sites (N-methyl/N-ethyl adjacent to an activating group) is 1. The van der Waals surface area contributed by atoms with Crippen LogP contribution in [0.5, 0.6) is 0 Å². The van der Waals surface area contributed by atoms with Crippen LogP contribution in [-0.2, 0) is 14.3 Å². The van der Waals surface area contributed by atoms with Gasteiger partial charge in [0.05, 0.1) is 5.60 Å². The summed E-state index contributed by atoms with van der Waals surface area (Å²) in [5.74, 6) is 0.727. The van der Waals surface area contributed by atoms with Crippen LogP contribution in [0.25, 0.3) is 0 Å². The van der Waals surface area contributed by atoms with E-state index in [-0.39, 0.29) is 18.1 Å². The van der Waals surface area contributed by atoms with Crippen molar-refractivity contribution in [1.29, 1.82) is 0 Å². The molecule has 0 bridgehead atoms. The Morgan fingerprint density at radius 2 is 2.09 bits per heavy atom. The molecule has 0 N–H and O–H groups in total. The summed E-state index contributed by atoms with van der Waals surface area (Å²) in [6.45, 7) is 4.05. The van der Waals surface area contributed by atoms with Crippen molar-refractivity contribution in [3.8, 4) is 0 Å². The van der Waals surface area contributed by atoms with Crippen molar-refractivity contribution in [2.75, 3.05) is 47.0 Å². The Bertz CT molecular complexity index is 389. The molecule has 1 unspecified atom stereocenters. The van der Waals surface area contributed by atoms with Crippen molar-refractivity contribution in [3.63, 3.8) is 0 Å². The Kier molecular flexibility index (Phi) is 5.05. The minimum atomic E-state index is 0.0404. The van der Waals surface area contributed by atoms with Gasteiger partial charge in [0.25, 0.3) is 0 Å². The molecule has 1 saturated carbocycles. The molecule has 22 heavy (non-hydrogen) atoms. The Hall–Kier alpha value is -0.650. The largest absolute Gasteiger partial charge is 0.372 e. The number of likely N-dealkylation sites (tertiary alicyclic amines) is 1. The molecular weight excluding hydrogens is 280 g/mol. The van der Waals surface area contributed by atoms with Crippen LogP contribution in [0.3, 0.4) is 0 Å². The summed E-state index contributed by atoms with van der Waals surface area (Å²) in [6, 6.07) is 0.843. The molecule has 3 rings (SSSR count). The van der Waals surface area contributed by atoms with Crippen molar-refractivity contribution in [2.45, 2.75) is 50.2 Å². The fraction of sp³-hybridized carbons (Fsp3) is 0.941. The van der Waals surface area contributed by atoms with E-state index in [2.05, 4.69) is 4.90 Å². The third-order valence-electron chi connectivity index (χ3n) is 5.56. The molecule has 3 aliphatic rings. The van der Waals surface area contributed by atoms with Gasteiger partial charge in [-0.2, -0.15) is 0 Å². The van der Waals surface area contributed by atoms with E-state index in [1.807, 2.05) is 0 Å². The molecule has 3 fully saturated rings. The number of nitrogens with zero attached hydrogens (tertiary/aromatic N) is 2. The fourth-order valence-electron chi connectivity index (χ4n) is 3.84. The summed E-state index contributed by atoms with van der Waals surface area (Å²) in [5, 5.41) is 0. The summed E-state index contributed by atoms with van der Waals surface area (Å²) in [6.07, 6.45) is 7.52. The number of rotatable bonds is 6. The van der Waals surface area contributed by atoms with Gasteiger partial charge in [0, 0.05) is 46.4 Å². The molecule has 2 heterocycles. The van der Waals surface area contributed by atoms with Gasteiger partial charge in [-0.25, -0.2) is 0 Å². The van der Waals surface area contributed by atoms with Gasteiger partial charge in [0.1, 0.15) is 6.61 Å². The van der Waals surface area contributed by atoms with E-state index in [4.69, 9.17) is 9.47 Å². The van der Waals surface area contributed by atoms with Gasteiger partial charge < -0.3 is 14.4 Å². The predicted molar refractivity (Wildman–Crippen MR) is 84.7 cm³/mol. The van der Waals surface area contributed by atoms with E-state index < -0.39 is 0 Å². The maximum Gasteiger partial charge on any atom is 0.248 e. The highest BCUT2D eigenvalue weighted by Crippen LogP contribution is 2.41. The Labute approximate surface area is 133 Å². The summed E-state index contributed by atoms with van der Waals surface area (Å²) in [7, 11) is 3.52. The number of ether oxygens (including phenoxy) is 2. The highest BCUT2D eigenvalue weighted by molar-refractivity contribution is 5.76. The lowest BCUT2D eigenvalue weighted by atomic mass is 9.76. The van der Waals surface area contributed by atoms with Gasteiger partial charge in [-0.3, -0.25) is 9.69 Å². The number of hydrogen-bond acceptors (Lipinski definition) is 4. The van der Waals surface area contributed by atoms with E-state index >= 15 is 0 Å². The van der Waals surface area contributed by atoms with E-state index in [9.17, 15) is 4.79 Å². The maximum absolute atomic E-state index is 11.5. The predicted octanol–water partition coefficient (Wildman–Crippen LogP) is 1.51. The Morgan fingerprint density at radius 1 is 1.32 bits per heavy atom. The van der Waals surface area contributed by atoms with Crippen LogP contribution >= 0.6 is 0 Å². The van der Waals surface area contributed by atoms with Crippen LogP contribution in [0.2, 0.25) is 0 Å². The molecule has 0 radical (unpaired) electrons. The lowest BCUT2D eigenvalue weighted by Gasteiger charge is -2.57. The van der Waals surface area contributed by atoms with Crippen molar-refractivity contribution in [3.05, 3.63) is 0 Å². The molecule has 0 aromatic carbocycles. The van der Waals surface area contributed by atoms with Gasteiger partial charge in [0.2, 0.25) is 5.91 Å². The van der Waals surface area contributed by atoms with Crippen molar-refractivity contribution < 1.29 is 14.3 Å². The van der Waals surface area contributed by atoms with E-state index in [0.29, 0.717) is 12.5 Å². The second kappa shape index (κ2) is 6.85. The van der Waals surface area contributed by atoms with E-state index in [1.165, 1.54) is 25.7 Å². The Morgan fingerprint density at radius 3 is 2.73 bits per heavy atom. The molecule has 1 amide bonds. The first kappa shape index (κ1) is 16.2. The van der Waals surface area contributed by atoms with Crippen LogP contribution in [0, 0.1) is 5.92 Å². The number of amides is 1. The monoisotopic (exact) mass is 310 g/mol. The standard InChI is InChI=1S/C17H30N2O3/c1-18(2)16(20)11-21-8-6-14-7-9-22-17(10-14)12-19(13-17)15-4-3-5-15/h14-15H,3-13H2,1-2H3. The van der Waals surface area contributed by atoms with Crippen LogP contribution in [-0.4, -0.2) is 74.4 Å². The molecule has 1 aliphatic carbocycles. The second-order valence-corrected chi connectivity index (χ2v) is 7.51. The number of carbonyl (C=O) groups excluding carboxylic acids is 1. The molecular formula is C17H30N2O3. The second-order valence-electron chi connectivity index (χ2n) is 7.51. The SMILES string of the molecule is CN(C)C(=O)COCCC1CCOC2(C1)CN(C1CCC1)C2. The van der Waals surface area contributed by atoms with Gasteiger partial charge in [-0.1, -0.05) is 6.42 Å². The van der Waals surface area contributed by atoms with Crippen molar-refractivity contribution in [1.82, 2.24) is 9.80 Å². The summed E-state index contributed by atoms with van der Waals surface area (Å²) >= 11 is 0. The first-order chi connectivity index (χ1) is 10.6. The molecule has 1 spiro atoms. The summed E-state index contributed by atoms with van der Waals surface area (Å²) < 4.78 is 11.6. The molecule has 126 valence electrons. The van der Waals surface area contributed by atoms with E-state index in [1.54, 1.807) is 19.0 Å². The molecule has 5 heteroatoms. The van der Waals surface area contributed by atoms with Crippen molar-refractivity contribution >= 4 is 5.91 Å². The molecule has 0 aromatic rings. The topological polar surface area (TPSA) is 42.0 Å². The average molecular weight is 310 g/mol. The minimum Gasteiger partial charge on any atom is -0.372 e. The lowest BCUT2D eigenvalue weighted by Crippen LogP contribution is -2.68.